The summed E-state index contributed by atoms with van der Waals surface area (Å²) in [6, 6.07) is 2.28. The molecule has 1 heterocycles. The lowest BCUT2D eigenvalue weighted by Crippen LogP contribution is -2.43. The van der Waals surface area contributed by atoms with Crippen molar-refractivity contribution in [1.82, 2.24) is 4.98 Å². The maximum absolute atomic E-state index is 15.2. The quantitative estimate of drug-likeness (QED) is 0.320. The Labute approximate surface area is 207 Å². The number of benzene rings is 1. The predicted molar refractivity (Wildman–Crippen MR) is 126 cm³/mol. The molecule has 36 heavy (non-hydrogen) atoms. The first-order valence-electron chi connectivity index (χ1n) is 11.8. The first-order valence-corrected chi connectivity index (χ1v) is 11.8. The fraction of sp³-hybridized carbons (Fsp3) is 0.500. The number of nitrogens with zero attached hydrogens (tertiary/aromatic N) is 2. The molecule has 6 nitrogen and oxygen atoms in total. The number of carbonyl (C=O) groups is 2. The van der Waals surface area contributed by atoms with Crippen LogP contribution >= 0.6 is 0 Å². The van der Waals surface area contributed by atoms with Gasteiger partial charge in [0.1, 0.15) is 5.56 Å². The van der Waals surface area contributed by atoms with Gasteiger partial charge in [-0.3, -0.25) is 4.79 Å². The largest absolute Gasteiger partial charge is 0.465 e. The minimum absolute atomic E-state index is 0.0294. The molecule has 0 spiro atoms. The van der Waals surface area contributed by atoms with E-state index in [0.29, 0.717) is 18.8 Å². The molecule has 2 aromatic rings. The van der Waals surface area contributed by atoms with E-state index >= 15 is 4.39 Å². The number of methoxy groups -OCH3 is 1. The minimum atomic E-state index is -4.80. The van der Waals surface area contributed by atoms with Gasteiger partial charge in [0.25, 0.3) is 0 Å². The summed E-state index contributed by atoms with van der Waals surface area (Å²) < 4.78 is 65.8. The molecule has 0 radical (unpaired) electrons. The van der Waals surface area contributed by atoms with Crippen LogP contribution in [0.3, 0.4) is 0 Å². The summed E-state index contributed by atoms with van der Waals surface area (Å²) in [6.45, 7) is 7.02. The summed E-state index contributed by atoms with van der Waals surface area (Å²) in [5.74, 6) is -3.46. The van der Waals surface area contributed by atoms with Crippen LogP contribution in [-0.2, 0) is 15.7 Å². The lowest BCUT2D eigenvalue weighted by molar-refractivity contribution is -0.139. The molecule has 1 aromatic carbocycles. The van der Waals surface area contributed by atoms with Crippen LogP contribution in [0.1, 0.15) is 67.9 Å². The normalized spacial score (nSPS) is 18.2. The van der Waals surface area contributed by atoms with Gasteiger partial charge in [0.2, 0.25) is 11.8 Å². The Morgan fingerprint density at radius 3 is 2.31 bits per heavy atom. The Kier molecular flexibility index (Phi) is 8.26. The second-order valence-corrected chi connectivity index (χ2v) is 9.52. The van der Waals surface area contributed by atoms with Crippen LogP contribution in [0.5, 0.6) is 11.6 Å². The van der Waals surface area contributed by atoms with Gasteiger partial charge in [0.05, 0.1) is 18.4 Å². The molecule has 0 saturated heterocycles. The third-order valence-electron chi connectivity index (χ3n) is 6.33. The van der Waals surface area contributed by atoms with Crippen molar-refractivity contribution in [3.8, 4) is 11.6 Å². The van der Waals surface area contributed by atoms with Crippen LogP contribution in [0, 0.1) is 24.6 Å². The first-order chi connectivity index (χ1) is 16.8. The third kappa shape index (κ3) is 5.96. The van der Waals surface area contributed by atoms with Crippen LogP contribution in [-0.4, -0.2) is 30.0 Å². The van der Waals surface area contributed by atoms with Crippen molar-refractivity contribution < 1.29 is 36.6 Å². The van der Waals surface area contributed by atoms with E-state index < -0.39 is 41.2 Å². The predicted octanol–water partition coefficient (Wildman–Crippen LogP) is 6.69. The van der Waals surface area contributed by atoms with Crippen molar-refractivity contribution >= 4 is 17.6 Å². The van der Waals surface area contributed by atoms with Gasteiger partial charge in [0.15, 0.2) is 11.6 Å². The van der Waals surface area contributed by atoms with E-state index in [9.17, 15) is 22.8 Å². The van der Waals surface area contributed by atoms with Gasteiger partial charge in [-0.2, -0.15) is 13.2 Å². The molecule has 1 saturated carbocycles. The highest BCUT2D eigenvalue weighted by molar-refractivity contribution is 6.04. The SMILES string of the molecule is COC(=O)c1cc(Oc2ncc(C)cc2C(F)(F)F)c(F)cc1N(C(=O)C1CCC(C)CC1)C(C)C. The zero-order valence-electron chi connectivity index (χ0n) is 20.9. The molecule has 1 aromatic heterocycles. The molecule has 0 bridgehead atoms. The Hall–Kier alpha value is -3.17. The average Bonchev–Trinajstić information content (AvgIpc) is 2.80. The summed E-state index contributed by atoms with van der Waals surface area (Å²) in [4.78, 5) is 31.1. The number of ether oxygens (including phenoxy) is 2. The highest BCUT2D eigenvalue weighted by Gasteiger charge is 2.37. The molecule has 196 valence electrons. The standard InChI is InChI=1S/C26H30F4N2O4/c1-14(2)32(24(33)17-8-6-15(3)7-9-17)21-12-20(27)22(11-18(21)25(34)35-5)36-23-19(26(28,29)30)10-16(4)13-31-23/h10-15,17H,6-9H2,1-5H3. The zero-order chi connectivity index (χ0) is 26.8. The molecule has 10 heteroatoms. The number of carbonyl (C=O) groups excluding carboxylic acids is 2. The van der Waals surface area contributed by atoms with Gasteiger partial charge in [-0.15, -0.1) is 0 Å². The van der Waals surface area contributed by atoms with Gasteiger partial charge >= 0.3 is 12.1 Å². The molecular weight excluding hydrogens is 480 g/mol. The number of halogens is 4. The van der Waals surface area contributed by atoms with E-state index in [-0.39, 0.29) is 28.6 Å². The zero-order valence-corrected chi connectivity index (χ0v) is 20.9. The molecule has 1 aliphatic carbocycles. The average molecular weight is 511 g/mol. The van der Waals surface area contributed by atoms with Crippen LogP contribution < -0.4 is 9.64 Å². The molecule has 0 atom stereocenters. The summed E-state index contributed by atoms with van der Waals surface area (Å²) in [7, 11) is 1.11. The minimum Gasteiger partial charge on any atom is -0.465 e. The maximum Gasteiger partial charge on any atom is 0.421 e. The fourth-order valence-electron chi connectivity index (χ4n) is 4.39. The van der Waals surface area contributed by atoms with Gasteiger partial charge in [-0.25, -0.2) is 14.2 Å². The van der Waals surface area contributed by atoms with Crippen LogP contribution in [0.4, 0.5) is 23.2 Å². The number of hydrogen-bond donors (Lipinski definition) is 0. The van der Waals surface area contributed by atoms with E-state index in [2.05, 4.69) is 11.9 Å². The highest BCUT2D eigenvalue weighted by atomic mass is 19.4. The Bertz CT molecular complexity index is 1130. The molecular formula is C26H30F4N2O4. The van der Waals surface area contributed by atoms with E-state index in [0.717, 1.165) is 44.3 Å². The summed E-state index contributed by atoms with van der Waals surface area (Å²) in [5, 5.41) is 0. The van der Waals surface area contributed by atoms with Gasteiger partial charge in [0, 0.05) is 30.3 Å². The molecule has 3 rings (SSSR count). The van der Waals surface area contributed by atoms with E-state index in [1.807, 2.05) is 0 Å². The van der Waals surface area contributed by atoms with E-state index in [1.165, 1.54) is 11.8 Å². The fourth-order valence-corrected chi connectivity index (χ4v) is 4.39. The van der Waals surface area contributed by atoms with Crippen molar-refractivity contribution in [3.05, 3.63) is 46.9 Å². The van der Waals surface area contributed by atoms with Crippen LogP contribution in [0.25, 0.3) is 0 Å². The number of aryl methyl sites for hydroxylation is 1. The van der Waals surface area contributed by atoms with Crippen molar-refractivity contribution in [1.29, 1.82) is 0 Å². The van der Waals surface area contributed by atoms with Crippen LogP contribution in [0.2, 0.25) is 0 Å². The Morgan fingerprint density at radius 1 is 1.11 bits per heavy atom. The Balaban J connectivity index is 2.07. The summed E-state index contributed by atoms with van der Waals surface area (Å²) in [5.41, 5.74) is -1.18. The number of hydrogen-bond acceptors (Lipinski definition) is 5. The maximum atomic E-state index is 15.2. The van der Waals surface area contributed by atoms with Crippen LogP contribution in [0.15, 0.2) is 24.4 Å². The second-order valence-electron chi connectivity index (χ2n) is 9.52. The van der Waals surface area contributed by atoms with Crippen molar-refractivity contribution in [3.63, 3.8) is 0 Å². The lowest BCUT2D eigenvalue weighted by Gasteiger charge is -2.34. The first kappa shape index (κ1) is 27.4. The number of pyridine rings is 1. The van der Waals surface area contributed by atoms with Gasteiger partial charge in [-0.1, -0.05) is 6.92 Å². The number of esters is 1. The second kappa shape index (κ2) is 10.8. The topological polar surface area (TPSA) is 68.7 Å². The molecule has 0 aliphatic heterocycles. The lowest BCUT2D eigenvalue weighted by atomic mass is 9.82. The number of anilines is 1. The number of amides is 1. The summed E-state index contributed by atoms with van der Waals surface area (Å²) in [6.07, 6.45) is -0.507. The molecule has 0 N–H and O–H groups in total. The molecule has 1 fully saturated rings. The summed E-state index contributed by atoms with van der Waals surface area (Å²) >= 11 is 0. The Morgan fingerprint density at radius 2 is 1.75 bits per heavy atom. The van der Waals surface area contributed by atoms with E-state index in [1.54, 1.807) is 13.8 Å². The van der Waals surface area contributed by atoms with E-state index in [4.69, 9.17) is 9.47 Å². The molecule has 1 amide bonds. The molecule has 0 unspecified atom stereocenters. The van der Waals surface area contributed by atoms with Gasteiger partial charge in [-0.05, 0) is 64.0 Å². The van der Waals surface area contributed by atoms with Crippen molar-refractivity contribution in [2.45, 2.75) is 65.6 Å². The number of alkyl halides is 3. The van der Waals surface area contributed by atoms with Crippen molar-refractivity contribution in [2.24, 2.45) is 11.8 Å². The van der Waals surface area contributed by atoms with Crippen molar-refractivity contribution in [2.75, 3.05) is 12.0 Å². The highest BCUT2D eigenvalue weighted by Crippen LogP contribution is 2.40. The monoisotopic (exact) mass is 510 g/mol. The molecule has 1 aliphatic rings. The number of rotatable bonds is 6. The number of aromatic nitrogens is 1. The third-order valence-corrected chi connectivity index (χ3v) is 6.33. The van der Waals surface area contributed by atoms with Gasteiger partial charge < -0.3 is 14.4 Å². The smallest absolute Gasteiger partial charge is 0.421 e.